The highest BCUT2D eigenvalue weighted by Gasteiger charge is 2.27. The normalized spacial score (nSPS) is 19.3. The van der Waals surface area contributed by atoms with Crippen LogP contribution in [-0.2, 0) is 4.74 Å². The van der Waals surface area contributed by atoms with Crippen molar-refractivity contribution in [1.82, 2.24) is 4.90 Å². The standard InChI is InChI=1S/C14H14ClNO2S/c1-18-10-5-6-16(8-10)14(17)12-7-9-3-2-4-11(15)13(9)19-12/h2-4,7,10H,5-6,8H2,1H3. The fourth-order valence-electron chi connectivity index (χ4n) is 2.39. The molecule has 2 aromatic rings. The molecule has 0 radical (unpaired) electrons. The monoisotopic (exact) mass is 295 g/mol. The molecular formula is C14H14ClNO2S. The van der Waals surface area contributed by atoms with E-state index >= 15 is 0 Å². The van der Waals surface area contributed by atoms with Gasteiger partial charge >= 0.3 is 0 Å². The smallest absolute Gasteiger partial charge is 0.264 e. The highest BCUT2D eigenvalue weighted by Crippen LogP contribution is 2.32. The second-order valence-corrected chi connectivity index (χ2v) is 6.13. The molecule has 1 aliphatic heterocycles. The highest BCUT2D eigenvalue weighted by molar-refractivity contribution is 7.21. The van der Waals surface area contributed by atoms with E-state index in [0.29, 0.717) is 11.6 Å². The molecule has 0 spiro atoms. The van der Waals surface area contributed by atoms with Gasteiger partial charge in [0.05, 0.1) is 20.7 Å². The molecule has 1 aromatic carbocycles. The number of methoxy groups -OCH3 is 1. The lowest BCUT2D eigenvalue weighted by Gasteiger charge is -2.14. The summed E-state index contributed by atoms with van der Waals surface area (Å²) in [6, 6.07) is 7.67. The molecule has 1 unspecified atom stereocenters. The van der Waals surface area contributed by atoms with Crippen molar-refractivity contribution in [3.05, 3.63) is 34.2 Å². The van der Waals surface area contributed by atoms with Crippen LogP contribution in [0.4, 0.5) is 0 Å². The minimum atomic E-state index is 0.0804. The summed E-state index contributed by atoms with van der Waals surface area (Å²) < 4.78 is 6.28. The van der Waals surface area contributed by atoms with E-state index in [2.05, 4.69) is 0 Å². The summed E-state index contributed by atoms with van der Waals surface area (Å²) in [6.07, 6.45) is 1.08. The number of halogens is 1. The maximum atomic E-state index is 12.4. The van der Waals surface area contributed by atoms with Crippen LogP contribution in [0, 0.1) is 0 Å². The van der Waals surface area contributed by atoms with Crippen LogP contribution in [0.5, 0.6) is 0 Å². The number of rotatable bonds is 2. The number of hydrogen-bond acceptors (Lipinski definition) is 3. The van der Waals surface area contributed by atoms with Gasteiger partial charge in [-0.3, -0.25) is 4.79 Å². The van der Waals surface area contributed by atoms with Gasteiger partial charge in [0.1, 0.15) is 0 Å². The van der Waals surface area contributed by atoms with E-state index in [1.54, 1.807) is 7.11 Å². The van der Waals surface area contributed by atoms with E-state index in [4.69, 9.17) is 16.3 Å². The lowest BCUT2D eigenvalue weighted by Crippen LogP contribution is -2.29. The van der Waals surface area contributed by atoms with Crippen LogP contribution in [0.25, 0.3) is 10.1 Å². The predicted octanol–water partition coefficient (Wildman–Crippen LogP) is 3.42. The quantitative estimate of drug-likeness (QED) is 0.850. The Morgan fingerprint density at radius 3 is 3.05 bits per heavy atom. The Kier molecular flexibility index (Phi) is 3.48. The second-order valence-electron chi connectivity index (χ2n) is 4.67. The third kappa shape index (κ3) is 2.36. The molecule has 0 N–H and O–H groups in total. The average Bonchev–Trinajstić information content (AvgIpc) is 3.05. The predicted molar refractivity (Wildman–Crippen MR) is 78.2 cm³/mol. The zero-order chi connectivity index (χ0) is 13.4. The number of likely N-dealkylation sites (tertiary alicyclic amines) is 1. The Morgan fingerprint density at radius 2 is 2.37 bits per heavy atom. The van der Waals surface area contributed by atoms with Crippen molar-refractivity contribution in [2.24, 2.45) is 0 Å². The van der Waals surface area contributed by atoms with Crippen molar-refractivity contribution >= 4 is 38.9 Å². The SMILES string of the molecule is COC1CCN(C(=O)c2cc3cccc(Cl)c3s2)C1. The number of carbonyl (C=O) groups is 1. The Labute approximate surface area is 120 Å². The molecule has 1 aromatic heterocycles. The van der Waals surface area contributed by atoms with Gasteiger partial charge in [0.15, 0.2) is 0 Å². The van der Waals surface area contributed by atoms with Crippen molar-refractivity contribution < 1.29 is 9.53 Å². The topological polar surface area (TPSA) is 29.5 Å². The molecule has 3 nitrogen and oxygen atoms in total. The Balaban J connectivity index is 1.88. The Bertz CT molecular complexity index is 625. The Hall–Kier alpha value is -1.10. The van der Waals surface area contributed by atoms with Crippen molar-refractivity contribution in [2.75, 3.05) is 20.2 Å². The van der Waals surface area contributed by atoms with Gasteiger partial charge in [0, 0.05) is 20.2 Å². The van der Waals surface area contributed by atoms with Gasteiger partial charge in [-0.15, -0.1) is 11.3 Å². The molecule has 1 fully saturated rings. The summed E-state index contributed by atoms with van der Waals surface area (Å²) in [5.41, 5.74) is 0. The van der Waals surface area contributed by atoms with Gasteiger partial charge in [-0.05, 0) is 23.9 Å². The minimum Gasteiger partial charge on any atom is -0.380 e. The van der Waals surface area contributed by atoms with Crippen LogP contribution in [0.2, 0.25) is 5.02 Å². The van der Waals surface area contributed by atoms with Crippen molar-refractivity contribution in [1.29, 1.82) is 0 Å². The third-order valence-electron chi connectivity index (χ3n) is 3.47. The zero-order valence-corrected chi connectivity index (χ0v) is 12.1. The highest BCUT2D eigenvalue weighted by atomic mass is 35.5. The number of amides is 1. The van der Waals surface area contributed by atoms with Crippen molar-refractivity contribution in [2.45, 2.75) is 12.5 Å². The van der Waals surface area contributed by atoms with E-state index in [1.807, 2.05) is 29.2 Å². The maximum Gasteiger partial charge on any atom is 0.264 e. The fraction of sp³-hybridized carbons (Fsp3) is 0.357. The molecule has 1 amide bonds. The number of hydrogen-bond donors (Lipinski definition) is 0. The molecule has 5 heteroatoms. The minimum absolute atomic E-state index is 0.0804. The van der Waals surface area contributed by atoms with E-state index in [0.717, 1.165) is 27.9 Å². The largest absolute Gasteiger partial charge is 0.380 e. The first-order valence-corrected chi connectivity index (χ1v) is 7.38. The molecule has 2 heterocycles. The molecular weight excluding hydrogens is 282 g/mol. The van der Waals surface area contributed by atoms with Gasteiger partial charge < -0.3 is 9.64 Å². The number of thiophene rings is 1. The van der Waals surface area contributed by atoms with E-state index in [-0.39, 0.29) is 12.0 Å². The first kappa shape index (κ1) is 12.9. The summed E-state index contributed by atoms with van der Waals surface area (Å²) in [4.78, 5) is 15.0. The molecule has 19 heavy (non-hydrogen) atoms. The third-order valence-corrected chi connectivity index (χ3v) is 5.07. The van der Waals surface area contributed by atoms with Crippen LogP contribution in [0.1, 0.15) is 16.1 Å². The van der Waals surface area contributed by atoms with Gasteiger partial charge in [0.25, 0.3) is 5.91 Å². The van der Waals surface area contributed by atoms with Crippen LogP contribution < -0.4 is 0 Å². The molecule has 1 atom stereocenters. The number of fused-ring (bicyclic) bond motifs is 1. The van der Waals surface area contributed by atoms with Gasteiger partial charge in [-0.2, -0.15) is 0 Å². The van der Waals surface area contributed by atoms with Gasteiger partial charge in [-0.1, -0.05) is 23.7 Å². The maximum absolute atomic E-state index is 12.4. The summed E-state index contributed by atoms with van der Waals surface area (Å²) in [5.74, 6) is 0.0804. The van der Waals surface area contributed by atoms with Crippen LogP contribution in [0.3, 0.4) is 0 Å². The Morgan fingerprint density at radius 1 is 1.53 bits per heavy atom. The van der Waals surface area contributed by atoms with E-state index < -0.39 is 0 Å². The molecule has 100 valence electrons. The second kappa shape index (κ2) is 5.12. The van der Waals surface area contributed by atoms with E-state index in [9.17, 15) is 4.79 Å². The van der Waals surface area contributed by atoms with Crippen molar-refractivity contribution in [3.8, 4) is 0 Å². The summed E-state index contributed by atoms with van der Waals surface area (Å²) in [5, 5.41) is 1.74. The molecule has 0 aliphatic carbocycles. The first-order chi connectivity index (χ1) is 9.19. The van der Waals surface area contributed by atoms with Gasteiger partial charge in [-0.25, -0.2) is 0 Å². The van der Waals surface area contributed by atoms with Gasteiger partial charge in [0.2, 0.25) is 0 Å². The zero-order valence-electron chi connectivity index (χ0n) is 10.6. The molecule has 3 rings (SSSR count). The van der Waals surface area contributed by atoms with Crippen LogP contribution in [0.15, 0.2) is 24.3 Å². The summed E-state index contributed by atoms with van der Waals surface area (Å²) in [6.45, 7) is 1.44. The average molecular weight is 296 g/mol. The fourth-order valence-corrected chi connectivity index (χ4v) is 3.72. The lowest BCUT2D eigenvalue weighted by molar-refractivity contribution is 0.0728. The molecule has 1 aliphatic rings. The van der Waals surface area contributed by atoms with Crippen molar-refractivity contribution in [3.63, 3.8) is 0 Å². The first-order valence-electron chi connectivity index (χ1n) is 6.19. The van der Waals surface area contributed by atoms with Crippen LogP contribution >= 0.6 is 22.9 Å². The molecule has 0 saturated carbocycles. The number of carbonyl (C=O) groups excluding carboxylic acids is 1. The number of ether oxygens (including phenoxy) is 1. The van der Waals surface area contributed by atoms with E-state index in [1.165, 1.54) is 11.3 Å². The number of nitrogens with zero attached hydrogens (tertiary/aromatic N) is 1. The molecule has 0 bridgehead atoms. The molecule has 1 saturated heterocycles. The summed E-state index contributed by atoms with van der Waals surface area (Å²) in [7, 11) is 1.69. The van der Waals surface area contributed by atoms with Crippen LogP contribution in [-0.4, -0.2) is 37.1 Å². The summed E-state index contributed by atoms with van der Waals surface area (Å²) >= 11 is 7.61. The lowest BCUT2D eigenvalue weighted by atomic mass is 10.2. The number of benzene rings is 1.